The van der Waals surface area contributed by atoms with Crippen molar-refractivity contribution in [3.8, 4) is 0 Å². The molecule has 2 aliphatic rings. The molecule has 3 nitrogen and oxygen atoms in total. The Labute approximate surface area is 128 Å². The first kappa shape index (κ1) is 14.9. The summed E-state index contributed by atoms with van der Waals surface area (Å²) in [6, 6.07) is 9.40. The second-order valence-corrected chi connectivity index (χ2v) is 7.04. The summed E-state index contributed by atoms with van der Waals surface area (Å²) in [5.41, 5.74) is 3.08. The van der Waals surface area contributed by atoms with Gasteiger partial charge in [-0.05, 0) is 30.9 Å². The fraction of sp³-hybridized carbons (Fsp3) is 0.667. The lowest BCUT2D eigenvalue weighted by Gasteiger charge is -2.51. The van der Waals surface area contributed by atoms with Crippen LogP contribution in [0.4, 0.5) is 5.69 Å². The molecule has 0 aromatic heterocycles. The normalized spacial score (nSPS) is 27.7. The second-order valence-electron chi connectivity index (χ2n) is 7.04. The van der Waals surface area contributed by atoms with Crippen LogP contribution in [0.1, 0.15) is 38.7 Å². The van der Waals surface area contributed by atoms with Crippen LogP contribution in [-0.4, -0.2) is 32.3 Å². The van der Waals surface area contributed by atoms with E-state index >= 15 is 0 Å². The highest BCUT2D eigenvalue weighted by molar-refractivity contribution is 5.54. The molecule has 0 bridgehead atoms. The summed E-state index contributed by atoms with van der Waals surface area (Å²) in [5, 5.41) is 3.75. The van der Waals surface area contributed by atoms with Gasteiger partial charge < -0.3 is 15.0 Å². The van der Waals surface area contributed by atoms with Gasteiger partial charge in [-0.3, -0.25) is 0 Å². The molecule has 0 radical (unpaired) electrons. The number of anilines is 1. The first-order valence-electron chi connectivity index (χ1n) is 8.22. The van der Waals surface area contributed by atoms with Crippen molar-refractivity contribution in [3.63, 3.8) is 0 Å². The smallest absolute Gasteiger partial charge is 0.0652 e. The number of hydrogen-bond donors (Lipinski definition) is 1. The van der Waals surface area contributed by atoms with Crippen molar-refractivity contribution < 1.29 is 4.74 Å². The zero-order chi connectivity index (χ0) is 14.9. The third-order valence-electron chi connectivity index (χ3n) is 5.44. The molecule has 1 saturated carbocycles. The van der Waals surface area contributed by atoms with Crippen LogP contribution in [0.25, 0.3) is 0 Å². The summed E-state index contributed by atoms with van der Waals surface area (Å²) >= 11 is 0. The number of para-hydroxylation sites is 1. The van der Waals surface area contributed by atoms with Crippen LogP contribution < -0.4 is 10.2 Å². The Hall–Kier alpha value is -1.06. The maximum atomic E-state index is 5.54. The Morgan fingerprint density at radius 3 is 2.62 bits per heavy atom. The number of nitrogens with zero attached hydrogens (tertiary/aromatic N) is 1. The maximum Gasteiger partial charge on any atom is 0.0652 e. The number of rotatable bonds is 5. The first-order valence-corrected chi connectivity index (χ1v) is 8.22. The average molecular weight is 288 g/mol. The second kappa shape index (κ2) is 5.98. The van der Waals surface area contributed by atoms with Crippen LogP contribution in [-0.2, 0) is 11.3 Å². The molecule has 3 heteroatoms. The minimum atomic E-state index is 0.233. The summed E-state index contributed by atoms with van der Waals surface area (Å²) in [4.78, 5) is 2.53. The van der Waals surface area contributed by atoms with E-state index in [2.05, 4.69) is 48.3 Å². The van der Waals surface area contributed by atoms with Gasteiger partial charge in [0.2, 0.25) is 0 Å². The minimum absolute atomic E-state index is 0.233. The van der Waals surface area contributed by atoms with Crippen molar-refractivity contribution in [2.24, 2.45) is 5.41 Å². The quantitative estimate of drug-likeness (QED) is 0.900. The molecule has 3 rings (SSSR count). The van der Waals surface area contributed by atoms with E-state index in [4.69, 9.17) is 4.74 Å². The third kappa shape index (κ3) is 2.82. The molecule has 0 amide bonds. The zero-order valence-corrected chi connectivity index (χ0v) is 13.6. The predicted octanol–water partition coefficient (Wildman–Crippen LogP) is 3.19. The van der Waals surface area contributed by atoms with Gasteiger partial charge in [0.05, 0.1) is 6.10 Å². The van der Waals surface area contributed by atoms with Crippen molar-refractivity contribution in [2.75, 3.05) is 25.1 Å². The van der Waals surface area contributed by atoms with E-state index in [0.29, 0.717) is 12.1 Å². The van der Waals surface area contributed by atoms with Crippen LogP contribution in [0, 0.1) is 5.41 Å². The molecule has 116 valence electrons. The summed E-state index contributed by atoms with van der Waals surface area (Å²) in [7, 11) is 1.82. The molecule has 1 aromatic carbocycles. The van der Waals surface area contributed by atoms with Crippen molar-refractivity contribution >= 4 is 5.69 Å². The maximum absolute atomic E-state index is 5.54. The molecule has 1 aromatic rings. The van der Waals surface area contributed by atoms with Crippen LogP contribution in [0.3, 0.4) is 0 Å². The molecule has 0 spiro atoms. The van der Waals surface area contributed by atoms with Gasteiger partial charge in [-0.1, -0.05) is 32.0 Å². The Bertz CT molecular complexity index is 480. The molecule has 1 aliphatic heterocycles. The largest absolute Gasteiger partial charge is 0.381 e. The van der Waals surface area contributed by atoms with E-state index < -0.39 is 0 Å². The lowest BCUT2D eigenvalue weighted by atomic mass is 9.64. The topological polar surface area (TPSA) is 24.5 Å². The Morgan fingerprint density at radius 1 is 1.24 bits per heavy atom. The Balaban J connectivity index is 1.64. The third-order valence-corrected chi connectivity index (χ3v) is 5.44. The van der Waals surface area contributed by atoms with Gasteiger partial charge in [-0.15, -0.1) is 0 Å². The van der Waals surface area contributed by atoms with Crippen molar-refractivity contribution in [1.29, 1.82) is 0 Å². The standard InChI is InChI=1S/C18H28N2O/c1-18(2)16(12-17(18)21-3)19-13-14-8-4-5-9-15(14)20-10-6-7-11-20/h4-5,8-9,16-17,19H,6-7,10-13H2,1-3H3. The monoisotopic (exact) mass is 288 g/mol. The SMILES string of the molecule is COC1CC(NCc2ccccc2N2CCCC2)C1(C)C. The predicted molar refractivity (Wildman–Crippen MR) is 87.7 cm³/mol. The summed E-state index contributed by atoms with van der Waals surface area (Å²) < 4.78 is 5.54. The summed E-state index contributed by atoms with van der Waals surface area (Å²) in [6.45, 7) is 7.97. The van der Waals surface area contributed by atoms with Gasteiger partial charge >= 0.3 is 0 Å². The zero-order valence-electron chi connectivity index (χ0n) is 13.6. The van der Waals surface area contributed by atoms with E-state index in [9.17, 15) is 0 Å². The van der Waals surface area contributed by atoms with Crippen LogP contribution in [0.2, 0.25) is 0 Å². The Kier molecular flexibility index (Phi) is 4.23. The van der Waals surface area contributed by atoms with Gasteiger partial charge in [0, 0.05) is 43.9 Å². The van der Waals surface area contributed by atoms with E-state index in [1.165, 1.54) is 37.2 Å². The molecule has 2 unspecified atom stereocenters. The average Bonchev–Trinajstić information content (AvgIpc) is 3.01. The molecule has 1 N–H and O–H groups in total. The van der Waals surface area contributed by atoms with E-state index in [0.717, 1.165) is 13.0 Å². The van der Waals surface area contributed by atoms with E-state index in [1.54, 1.807) is 0 Å². The lowest BCUT2D eigenvalue weighted by Crippen LogP contribution is -2.60. The molecule has 1 heterocycles. The molecule has 1 aliphatic carbocycles. The van der Waals surface area contributed by atoms with Gasteiger partial charge in [-0.25, -0.2) is 0 Å². The molecule has 2 fully saturated rings. The molecule has 21 heavy (non-hydrogen) atoms. The molecule has 1 saturated heterocycles. The van der Waals surface area contributed by atoms with Crippen molar-refractivity contribution in [3.05, 3.63) is 29.8 Å². The van der Waals surface area contributed by atoms with Crippen LogP contribution in [0.15, 0.2) is 24.3 Å². The Morgan fingerprint density at radius 2 is 1.95 bits per heavy atom. The van der Waals surface area contributed by atoms with Crippen LogP contribution >= 0.6 is 0 Å². The highest BCUT2D eigenvalue weighted by atomic mass is 16.5. The molecule has 2 atom stereocenters. The van der Waals surface area contributed by atoms with Gasteiger partial charge in [-0.2, -0.15) is 0 Å². The van der Waals surface area contributed by atoms with E-state index in [-0.39, 0.29) is 5.41 Å². The van der Waals surface area contributed by atoms with Crippen LogP contribution in [0.5, 0.6) is 0 Å². The first-order chi connectivity index (χ1) is 10.1. The highest BCUT2D eigenvalue weighted by Crippen LogP contribution is 2.42. The number of methoxy groups -OCH3 is 1. The van der Waals surface area contributed by atoms with E-state index in [1.807, 2.05) is 7.11 Å². The number of benzene rings is 1. The molecular weight excluding hydrogens is 260 g/mol. The molecular formula is C18H28N2O. The highest BCUT2D eigenvalue weighted by Gasteiger charge is 2.48. The minimum Gasteiger partial charge on any atom is -0.381 e. The lowest BCUT2D eigenvalue weighted by molar-refractivity contribution is -0.0978. The number of hydrogen-bond acceptors (Lipinski definition) is 3. The van der Waals surface area contributed by atoms with Gasteiger partial charge in [0.25, 0.3) is 0 Å². The van der Waals surface area contributed by atoms with Gasteiger partial charge in [0.15, 0.2) is 0 Å². The van der Waals surface area contributed by atoms with Crippen molar-refractivity contribution in [2.45, 2.75) is 51.8 Å². The number of ether oxygens (including phenoxy) is 1. The number of nitrogens with one attached hydrogen (secondary N) is 1. The van der Waals surface area contributed by atoms with Gasteiger partial charge in [0.1, 0.15) is 0 Å². The fourth-order valence-corrected chi connectivity index (χ4v) is 3.79. The fourth-order valence-electron chi connectivity index (χ4n) is 3.79. The van der Waals surface area contributed by atoms with Crippen molar-refractivity contribution in [1.82, 2.24) is 5.32 Å². The summed E-state index contributed by atoms with van der Waals surface area (Å²) in [6.07, 6.45) is 4.17. The summed E-state index contributed by atoms with van der Waals surface area (Å²) in [5.74, 6) is 0.